The predicted octanol–water partition coefficient (Wildman–Crippen LogP) is 3.58. The van der Waals surface area contributed by atoms with E-state index in [1.54, 1.807) is 0 Å². The molecule has 0 spiro atoms. The van der Waals surface area contributed by atoms with Crippen molar-refractivity contribution in [3.8, 4) is 11.3 Å². The number of benzene rings is 1. The third-order valence-electron chi connectivity index (χ3n) is 5.59. The summed E-state index contributed by atoms with van der Waals surface area (Å²) in [6.07, 6.45) is 3.85. The summed E-state index contributed by atoms with van der Waals surface area (Å²) in [4.78, 5) is 20.1. The van der Waals surface area contributed by atoms with Gasteiger partial charge in [-0.05, 0) is 38.8 Å². The first-order valence-electron chi connectivity index (χ1n) is 9.88. The molecule has 1 amide bonds. The fourth-order valence-electron chi connectivity index (χ4n) is 3.87. The summed E-state index contributed by atoms with van der Waals surface area (Å²) in [6.45, 7) is 6.20. The Morgan fingerprint density at radius 3 is 2.68 bits per heavy atom. The Morgan fingerprint density at radius 2 is 2.00 bits per heavy atom. The van der Waals surface area contributed by atoms with Gasteiger partial charge in [0.15, 0.2) is 0 Å². The topological polar surface area (TPSA) is 60.2 Å². The maximum absolute atomic E-state index is 13.4. The molecule has 1 saturated heterocycles. The minimum absolute atomic E-state index is 0.0661. The van der Waals surface area contributed by atoms with E-state index in [4.69, 9.17) is 9.72 Å². The zero-order valence-corrected chi connectivity index (χ0v) is 16.7. The number of ether oxygens (including phenoxy) is 1. The number of hydrogen-bond donors (Lipinski definition) is 0. The number of amides is 1. The van der Waals surface area contributed by atoms with Crippen LogP contribution in [0.3, 0.4) is 0 Å². The van der Waals surface area contributed by atoms with Crippen LogP contribution in [0.15, 0.2) is 36.5 Å². The SMILES string of the molecule is CCOC1CCN(C(=O)c2cc(-c3cnn(C)c3C)nc3ccccc23)CC1. The van der Waals surface area contributed by atoms with E-state index in [1.807, 2.05) is 67.0 Å². The zero-order valence-electron chi connectivity index (χ0n) is 16.7. The van der Waals surface area contributed by atoms with Crippen molar-refractivity contribution in [2.75, 3.05) is 19.7 Å². The molecule has 0 radical (unpaired) electrons. The van der Waals surface area contributed by atoms with Crippen molar-refractivity contribution in [3.05, 3.63) is 47.8 Å². The summed E-state index contributed by atoms with van der Waals surface area (Å²) in [7, 11) is 1.91. The van der Waals surface area contributed by atoms with Crippen molar-refractivity contribution in [1.82, 2.24) is 19.7 Å². The quantitative estimate of drug-likeness (QED) is 0.696. The Labute approximate surface area is 165 Å². The molecule has 3 heterocycles. The van der Waals surface area contributed by atoms with Crippen LogP contribution in [-0.2, 0) is 11.8 Å². The second-order valence-electron chi connectivity index (χ2n) is 7.29. The Bertz CT molecular complexity index is 1000. The van der Waals surface area contributed by atoms with Gasteiger partial charge in [0.05, 0.1) is 29.1 Å². The van der Waals surface area contributed by atoms with Crippen molar-refractivity contribution >= 4 is 16.8 Å². The van der Waals surface area contributed by atoms with Crippen molar-refractivity contribution in [3.63, 3.8) is 0 Å². The van der Waals surface area contributed by atoms with E-state index < -0.39 is 0 Å². The van der Waals surface area contributed by atoms with Crippen LogP contribution in [0, 0.1) is 6.92 Å². The summed E-state index contributed by atoms with van der Waals surface area (Å²) in [5.41, 5.74) is 4.31. The third-order valence-corrected chi connectivity index (χ3v) is 5.59. The molecule has 1 aliphatic heterocycles. The molecule has 1 aromatic carbocycles. The van der Waals surface area contributed by atoms with Crippen LogP contribution in [0.2, 0.25) is 0 Å². The van der Waals surface area contributed by atoms with E-state index in [2.05, 4.69) is 5.10 Å². The number of carbonyl (C=O) groups is 1. The number of fused-ring (bicyclic) bond motifs is 1. The van der Waals surface area contributed by atoms with Gasteiger partial charge in [0.2, 0.25) is 0 Å². The summed E-state index contributed by atoms with van der Waals surface area (Å²) in [6, 6.07) is 9.77. The monoisotopic (exact) mass is 378 g/mol. The average Bonchev–Trinajstić information content (AvgIpc) is 3.06. The number of pyridine rings is 1. The molecule has 0 bridgehead atoms. The number of carbonyl (C=O) groups excluding carboxylic acids is 1. The van der Waals surface area contributed by atoms with Crippen LogP contribution < -0.4 is 0 Å². The lowest BCUT2D eigenvalue weighted by molar-refractivity contribution is 0.0146. The Kier molecular flexibility index (Phi) is 5.13. The minimum atomic E-state index is 0.0661. The first kappa shape index (κ1) is 18.6. The van der Waals surface area contributed by atoms with Crippen LogP contribution in [0.5, 0.6) is 0 Å². The van der Waals surface area contributed by atoms with Crippen LogP contribution in [0.25, 0.3) is 22.2 Å². The van der Waals surface area contributed by atoms with Gasteiger partial charge in [0, 0.05) is 43.4 Å². The fourth-order valence-corrected chi connectivity index (χ4v) is 3.87. The second kappa shape index (κ2) is 7.72. The van der Waals surface area contributed by atoms with Crippen LogP contribution in [0.4, 0.5) is 0 Å². The highest BCUT2D eigenvalue weighted by molar-refractivity contribution is 6.07. The van der Waals surface area contributed by atoms with E-state index in [1.165, 1.54) is 0 Å². The molecule has 6 nitrogen and oxygen atoms in total. The van der Waals surface area contributed by atoms with E-state index in [0.717, 1.165) is 60.4 Å². The second-order valence-corrected chi connectivity index (χ2v) is 7.29. The lowest BCUT2D eigenvalue weighted by atomic mass is 10.0. The maximum atomic E-state index is 13.4. The number of aryl methyl sites for hydroxylation is 1. The first-order chi connectivity index (χ1) is 13.6. The highest BCUT2D eigenvalue weighted by atomic mass is 16.5. The molecule has 146 valence electrons. The maximum Gasteiger partial charge on any atom is 0.254 e. The van der Waals surface area contributed by atoms with Gasteiger partial charge in [-0.2, -0.15) is 5.10 Å². The average molecular weight is 378 g/mol. The van der Waals surface area contributed by atoms with Crippen molar-refractivity contribution in [2.45, 2.75) is 32.8 Å². The van der Waals surface area contributed by atoms with Gasteiger partial charge in [-0.15, -0.1) is 0 Å². The number of likely N-dealkylation sites (tertiary alicyclic amines) is 1. The summed E-state index contributed by atoms with van der Waals surface area (Å²) >= 11 is 0. The standard InChI is InChI=1S/C22H26N4O2/c1-4-28-16-9-11-26(12-10-16)22(27)18-13-21(19-14-23-25(3)15(19)2)24-20-8-6-5-7-17(18)20/h5-8,13-14,16H,4,9-12H2,1-3H3. The van der Waals surface area contributed by atoms with E-state index in [0.29, 0.717) is 5.56 Å². The Morgan fingerprint density at radius 1 is 1.25 bits per heavy atom. The van der Waals surface area contributed by atoms with Gasteiger partial charge in [-0.3, -0.25) is 9.48 Å². The van der Waals surface area contributed by atoms with Gasteiger partial charge in [0.25, 0.3) is 5.91 Å². The van der Waals surface area contributed by atoms with Gasteiger partial charge in [0.1, 0.15) is 0 Å². The normalized spacial score (nSPS) is 15.3. The lowest BCUT2D eigenvalue weighted by Gasteiger charge is -2.32. The summed E-state index contributed by atoms with van der Waals surface area (Å²) in [5.74, 6) is 0.0661. The van der Waals surface area contributed by atoms with Crippen LogP contribution in [-0.4, -0.2) is 51.4 Å². The summed E-state index contributed by atoms with van der Waals surface area (Å²) < 4.78 is 7.55. The molecule has 2 aromatic heterocycles. The molecule has 6 heteroatoms. The Hall–Kier alpha value is -2.73. The zero-order chi connectivity index (χ0) is 19.7. The van der Waals surface area contributed by atoms with Crippen LogP contribution in [0.1, 0.15) is 35.8 Å². The molecule has 0 aliphatic carbocycles. The van der Waals surface area contributed by atoms with Gasteiger partial charge < -0.3 is 9.64 Å². The molecule has 1 fully saturated rings. The molecule has 0 saturated carbocycles. The molecule has 0 atom stereocenters. The highest BCUT2D eigenvalue weighted by Gasteiger charge is 2.26. The molecular weight excluding hydrogens is 352 g/mol. The lowest BCUT2D eigenvalue weighted by Crippen LogP contribution is -2.41. The number of para-hydroxylation sites is 1. The molecule has 4 rings (SSSR count). The van der Waals surface area contributed by atoms with Crippen molar-refractivity contribution < 1.29 is 9.53 Å². The largest absolute Gasteiger partial charge is 0.378 e. The smallest absolute Gasteiger partial charge is 0.254 e. The van der Waals surface area contributed by atoms with E-state index >= 15 is 0 Å². The van der Waals surface area contributed by atoms with Gasteiger partial charge >= 0.3 is 0 Å². The molecule has 0 N–H and O–H groups in total. The number of aromatic nitrogens is 3. The first-order valence-corrected chi connectivity index (χ1v) is 9.88. The number of nitrogens with zero attached hydrogens (tertiary/aromatic N) is 4. The van der Waals surface area contributed by atoms with Gasteiger partial charge in [-0.1, -0.05) is 18.2 Å². The highest BCUT2D eigenvalue weighted by Crippen LogP contribution is 2.28. The molecular formula is C22H26N4O2. The van der Waals surface area contributed by atoms with E-state index in [9.17, 15) is 4.79 Å². The third kappa shape index (κ3) is 3.40. The van der Waals surface area contributed by atoms with Crippen LogP contribution >= 0.6 is 0 Å². The molecule has 0 unspecified atom stereocenters. The molecule has 1 aliphatic rings. The minimum Gasteiger partial charge on any atom is -0.378 e. The van der Waals surface area contributed by atoms with E-state index in [-0.39, 0.29) is 12.0 Å². The summed E-state index contributed by atoms with van der Waals surface area (Å²) in [5, 5.41) is 5.22. The van der Waals surface area contributed by atoms with Crippen molar-refractivity contribution in [2.24, 2.45) is 7.05 Å². The Balaban J connectivity index is 1.72. The fraction of sp³-hybridized carbons (Fsp3) is 0.409. The number of rotatable bonds is 4. The van der Waals surface area contributed by atoms with Crippen molar-refractivity contribution in [1.29, 1.82) is 0 Å². The number of piperidine rings is 1. The predicted molar refractivity (Wildman–Crippen MR) is 109 cm³/mol. The molecule has 3 aromatic rings. The molecule has 28 heavy (non-hydrogen) atoms. The number of hydrogen-bond acceptors (Lipinski definition) is 4. The van der Waals surface area contributed by atoms with Gasteiger partial charge in [-0.25, -0.2) is 4.98 Å².